The fourth-order valence-electron chi connectivity index (χ4n) is 2.42. The van der Waals surface area contributed by atoms with Crippen LogP contribution in [0, 0.1) is 0 Å². The number of hydrogen-bond acceptors (Lipinski definition) is 4. The molecule has 28 heavy (non-hydrogen) atoms. The summed E-state index contributed by atoms with van der Waals surface area (Å²) >= 11 is 5.81. The molecular weight excluding hydrogens is 378 g/mol. The summed E-state index contributed by atoms with van der Waals surface area (Å²) in [6.07, 6.45) is 3.12. The predicted molar refractivity (Wildman–Crippen MR) is 107 cm³/mol. The first-order chi connectivity index (χ1) is 13.6. The Morgan fingerprint density at radius 3 is 2.61 bits per heavy atom. The minimum absolute atomic E-state index is 0.121. The van der Waals surface area contributed by atoms with Crippen molar-refractivity contribution in [1.82, 2.24) is 10.3 Å². The highest BCUT2D eigenvalue weighted by atomic mass is 35.5. The van der Waals surface area contributed by atoms with Gasteiger partial charge in [-0.25, -0.2) is 0 Å². The van der Waals surface area contributed by atoms with Crippen molar-refractivity contribution < 1.29 is 14.3 Å². The number of amides is 2. The molecule has 0 unspecified atom stereocenters. The maximum Gasteiger partial charge on any atom is 0.262 e. The lowest BCUT2D eigenvalue weighted by molar-refractivity contribution is -0.118. The van der Waals surface area contributed by atoms with Gasteiger partial charge in [0.2, 0.25) is 0 Å². The number of anilines is 1. The van der Waals surface area contributed by atoms with E-state index in [4.69, 9.17) is 16.3 Å². The molecule has 1 heterocycles. The van der Waals surface area contributed by atoms with Crippen LogP contribution in [0.1, 0.15) is 15.9 Å². The molecule has 0 aliphatic rings. The van der Waals surface area contributed by atoms with Gasteiger partial charge in [-0.3, -0.25) is 14.6 Å². The molecule has 142 valence electrons. The average Bonchev–Trinajstić information content (AvgIpc) is 2.72. The van der Waals surface area contributed by atoms with E-state index >= 15 is 0 Å². The van der Waals surface area contributed by atoms with Crippen molar-refractivity contribution in [2.45, 2.75) is 6.54 Å². The Hall–Kier alpha value is -3.38. The van der Waals surface area contributed by atoms with Crippen molar-refractivity contribution >= 4 is 29.1 Å². The molecule has 2 amide bonds. The van der Waals surface area contributed by atoms with Crippen molar-refractivity contribution in [3.63, 3.8) is 0 Å². The van der Waals surface area contributed by atoms with Crippen LogP contribution in [0.2, 0.25) is 5.02 Å². The third-order valence-electron chi connectivity index (χ3n) is 3.77. The Morgan fingerprint density at radius 1 is 1.04 bits per heavy atom. The van der Waals surface area contributed by atoms with E-state index in [1.165, 1.54) is 6.20 Å². The average molecular weight is 396 g/mol. The second-order valence-electron chi connectivity index (χ2n) is 5.92. The molecule has 0 aliphatic carbocycles. The lowest BCUT2D eigenvalue weighted by atomic mass is 10.2. The Kier molecular flexibility index (Phi) is 6.59. The summed E-state index contributed by atoms with van der Waals surface area (Å²) in [6, 6.07) is 17.4. The highest BCUT2D eigenvalue weighted by Gasteiger charge is 2.07. The van der Waals surface area contributed by atoms with E-state index < -0.39 is 0 Å². The Morgan fingerprint density at radius 2 is 1.86 bits per heavy atom. The van der Waals surface area contributed by atoms with Crippen LogP contribution in [0.3, 0.4) is 0 Å². The standard InChI is InChI=1S/C21H18ClN3O3/c22-17-6-8-19(9-7-17)28-14-20(26)25-18-5-1-3-15(11-18)12-24-21(27)16-4-2-10-23-13-16/h1-11,13H,12,14H2,(H,24,27)(H,25,26). The molecule has 6 nitrogen and oxygen atoms in total. The third-order valence-corrected chi connectivity index (χ3v) is 4.02. The van der Waals surface area contributed by atoms with Crippen LogP contribution in [0.25, 0.3) is 0 Å². The third kappa shape index (κ3) is 5.82. The number of pyridine rings is 1. The molecule has 0 saturated heterocycles. The van der Waals surface area contributed by atoms with Gasteiger partial charge in [-0.05, 0) is 54.1 Å². The maximum absolute atomic E-state index is 12.1. The van der Waals surface area contributed by atoms with E-state index in [-0.39, 0.29) is 18.4 Å². The highest BCUT2D eigenvalue weighted by Crippen LogP contribution is 2.16. The number of benzene rings is 2. The van der Waals surface area contributed by atoms with Gasteiger partial charge in [-0.1, -0.05) is 23.7 Å². The summed E-state index contributed by atoms with van der Waals surface area (Å²) in [6.45, 7) is 0.211. The van der Waals surface area contributed by atoms with Gasteiger partial charge in [0.1, 0.15) is 5.75 Å². The molecule has 0 fully saturated rings. The second kappa shape index (κ2) is 9.53. The molecule has 0 radical (unpaired) electrons. The van der Waals surface area contributed by atoms with Crippen LogP contribution in [0.4, 0.5) is 5.69 Å². The molecule has 0 atom stereocenters. The number of aromatic nitrogens is 1. The smallest absolute Gasteiger partial charge is 0.262 e. The topological polar surface area (TPSA) is 80.3 Å². The summed E-state index contributed by atoms with van der Waals surface area (Å²) in [5, 5.41) is 6.19. The van der Waals surface area contributed by atoms with Gasteiger partial charge in [0.15, 0.2) is 6.61 Å². The molecule has 2 aromatic carbocycles. The first-order valence-corrected chi connectivity index (χ1v) is 8.93. The van der Waals surface area contributed by atoms with Crippen LogP contribution < -0.4 is 15.4 Å². The van der Waals surface area contributed by atoms with Gasteiger partial charge in [-0.2, -0.15) is 0 Å². The zero-order chi connectivity index (χ0) is 19.8. The maximum atomic E-state index is 12.1. The summed E-state index contributed by atoms with van der Waals surface area (Å²) in [7, 11) is 0. The summed E-state index contributed by atoms with van der Waals surface area (Å²) in [5.41, 5.74) is 1.97. The zero-order valence-corrected chi connectivity index (χ0v) is 15.6. The van der Waals surface area contributed by atoms with Crippen molar-refractivity contribution in [2.75, 3.05) is 11.9 Å². The number of nitrogens with one attached hydrogen (secondary N) is 2. The largest absolute Gasteiger partial charge is 0.484 e. The van der Waals surface area contributed by atoms with Crippen LogP contribution in [-0.4, -0.2) is 23.4 Å². The lowest BCUT2D eigenvalue weighted by Crippen LogP contribution is -2.23. The molecule has 3 aromatic rings. The molecule has 0 saturated carbocycles. The highest BCUT2D eigenvalue weighted by molar-refractivity contribution is 6.30. The van der Waals surface area contributed by atoms with Crippen molar-refractivity contribution in [1.29, 1.82) is 0 Å². The summed E-state index contributed by atoms with van der Waals surface area (Å²) in [4.78, 5) is 28.1. The van der Waals surface area contributed by atoms with Crippen LogP contribution in [-0.2, 0) is 11.3 Å². The molecule has 0 bridgehead atoms. The Balaban J connectivity index is 1.50. The number of rotatable bonds is 7. The summed E-state index contributed by atoms with van der Waals surface area (Å²) < 4.78 is 5.42. The van der Waals surface area contributed by atoms with Crippen LogP contribution in [0.15, 0.2) is 73.1 Å². The van der Waals surface area contributed by atoms with E-state index in [1.807, 2.05) is 6.07 Å². The van der Waals surface area contributed by atoms with E-state index in [2.05, 4.69) is 15.6 Å². The number of carbonyl (C=O) groups excluding carboxylic acids is 2. The first-order valence-electron chi connectivity index (χ1n) is 8.55. The van der Waals surface area contributed by atoms with Gasteiger partial charge in [0, 0.05) is 29.6 Å². The fraction of sp³-hybridized carbons (Fsp3) is 0.0952. The first kappa shape index (κ1) is 19.4. The monoisotopic (exact) mass is 395 g/mol. The van der Waals surface area contributed by atoms with Crippen LogP contribution in [0.5, 0.6) is 5.75 Å². The molecule has 2 N–H and O–H groups in total. The molecule has 0 spiro atoms. The van der Waals surface area contributed by atoms with E-state index in [0.717, 1.165) is 5.56 Å². The van der Waals surface area contributed by atoms with Gasteiger partial charge in [0.25, 0.3) is 11.8 Å². The van der Waals surface area contributed by atoms with E-state index in [0.29, 0.717) is 28.6 Å². The SMILES string of the molecule is O=C(COc1ccc(Cl)cc1)Nc1cccc(CNC(=O)c2cccnc2)c1. The molecular formula is C21H18ClN3O3. The van der Waals surface area contributed by atoms with E-state index in [1.54, 1.807) is 60.8 Å². The molecule has 0 aliphatic heterocycles. The normalized spacial score (nSPS) is 10.2. The van der Waals surface area contributed by atoms with E-state index in [9.17, 15) is 9.59 Å². The summed E-state index contributed by atoms with van der Waals surface area (Å²) in [5.74, 6) is 0.0665. The van der Waals surface area contributed by atoms with Crippen molar-refractivity contribution in [3.05, 3.63) is 89.2 Å². The number of halogens is 1. The Labute approximate surface area is 167 Å². The second-order valence-corrected chi connectivity index (χ2v) is 6.35. The van der Waals surface area contributed by atoms with Gasteiger partial charge >= 0.3 is 0 Å². The lowest BCUT2D eigenvalue weighted by Gasteiger charge is -2.10. The van der Waals surface area contributed by atoms with Gasteiger partial charge in [0.05, 0.1) is 5.56 Å². The number of nitrogens with zero attached hydrogens (tertiary/aromatic N) is 1. The zero-order valence-electron chi connectivity index (χ0n) is 14.9. The number of ether oxygens (including phenoxy) is 1. The van der Waals surface area contributed by atoms with Gasteiger partial charge in [-0.15, -0.1) is 0 Å². The number of hydrogen-bond donors (Lipinski definition) is 2. The minimum atomic E-state index is -0.286. The minimum Gasteiger partial charge on any atom is -0.484 e. The van der Waals surface area contributed by atoms with Gasteiger partial charge < -0.3 is 15.4 Å². The van der Waals surface area contributed by atoms with Crippen molar-refractivity contribution in [3.8, 4) is 5.75 Å². The number of carbonyl (C=O) groups is 2. The molecule has 1 aromatic heterocycles. The fourth-order valence-corrected chi connectivity index (χ4v) is 2.54. The Bertz CT molecular complexity index is 947. The molecule has 7 heteroatoms. The van der Waals surface area contributed by atoms with Crippen molar-refractivity contribution in [2.24, 2.45) is 0 Å². The predicted octanol–water partition coefficient (Wildman–Crippen LogP) is 3.68. The molecule has 3 rings (SSSR count). The van der Waals surface area contributed by atoms with Crippen LogP contribution >= 0.6 is 11.6 Å². The quantitative estimate of drug-likeness (QED) is 0.639.